The molecule has 0 spiro atoms. The van der Waals surface area contributed by atoms with E-state index in [1.165, 1.54) is 0 Å². The van der Waals surface area contributed by atoms with Gasteiger partial charge in [0.25, 0.3) is 0 Å². The van der Waals surface area contributed by atoms with Gasteiger partial charge >= 0.3 is 51.9 Å². The quantitative estimate of drug-likeness (QED) is 0.219. The Morgan fingerprint density at radius 1 is 0.966 bits per heavy atom. The molecule has 29 heavy (non-hydrogen) atoms. The molecule has 1 N–H and O–H groups in total. The van der Waals surface area contributed by atoms with Crippen molar-refractivity contribution in [2.45, 2.75) is 91.9 Å². The number of esters is 1. The van der Waals surface area contributed by atoms with Gasteiger partial charge in [-0.05, 0) is 24.7 Å². The maximum absolute atomic E-state index is 12.3. The van der Waals surface area contributed by atoms with Crippen LogP contribution in [0.3, 0.4) is 0 Å². The normalized spacial score (nSPS) is 14.4. The average Bonchev–Trinajstić information content (AvgIpc) is 2.62. The minimum absolute atomic E-state index is 0. The smallest absolute Gasteiger partial charge is 1.00 e. The molecule has 0 bridgehead atoms. The van der Waals surface area contributed by atoms with Crippen LogP contribution in [0.25, 0.3) is 0 Å². The number of carbonyl (C=O) groups excluding carboxylic acids is 2. The molecule has 0 fully saturated rings. The van der Waals surface area contributed by atoms with Gasteiger partial charge in [0.05, 0.1) is 18.9 Å². The molecule has 0 heterocycles. The standard InChI is InChI=1S/C20H38O7S.Na.H/c1-5-9-11-16(7-3)13-18(20(22)27-28(23,24)25)14-19(21)26-15-17(8-4)12-10-6-2;;/h16-18H,5-15H2,1-4H3,(H,23,24,25);;/q;+1;-1. The summed E-state index contributed by atoms with van der Waals surface area (Å²) in [5.74, 6) is -2.16. The van der Waals surface area contributed by atoms with Gasteiger partial charge in [-0.25, -0.2) is 0 Å². The Morgan fingerprint density at radius 3 is 1.93 bits per heavy atom. The molecule has 0 rings (SSSR count). The molecule has 3 atom stereocenters. The van der Waals surface area contributed by atoms with Crippen molar-refractivity contribution < 1.29 is 62.5 Å². The van der Waals surface area contributed by atoms with Crippen LogP contribution in [0.15, 0.2) is 0 Å². The van der Waals surface area contributed by atoms with E-state index in [2.05, 4.69) is 18.0 Å². The van der Waals surface area contributed by atoms with Crippen molar-refractivity contribution in [1.29, 1.82) is 0 Å². The Kier molecular flexibility index (Phi) is 18.8. The van der Waals surface area contributed by atoms with Crippen LogP contribution < -0.4 is 29.6 Å². The third kappa shape index (κ3) is 16.2. The first-order chi connectivity index (χ1) is 13.2. The van der Waals surface area contributed by atoms with Crippen LogP contribution >= 0.6 is 0 Å². The van der Waals surface area contributed by atoms with Crippen LogP contribution in [0.4, 0.5) is 0 Å². The molecule has 0 aliphatic heterocycles. The summed E-state index contributed by atoms with van der Waals surface area (Å²) >= 11 is 0. The molecule has 0 saturated carbocycles. The fourth-order valence-corrected chi connectivity index (χ4v) is 3.53. The maximum Gasteiger partial charge on any atom is 1.00 e. The zero-order valence-corrected chi connectivity index (χ0v) is 21.6. The average molecular weight is 447 g/mol. The van der Waals surface area contributed by atoms with Crippen LogP contribution in [0.5, 0.6) is 0 Å². The summed E-state index contributed by atoms with van der Waals surface area (Å²) in [4.78, 5) is 24.4. The zero-order valence-electron chi connectivity index (χ0n) is 19.8. The number of hydrogen-bond donors (Lipinski definition) is 1. The van der Waals surface area contributed by atoms with Crippen molar-refractivity contribution in [3.05, 3.63) is 0 Å². The fraction of sp³-hybridized carbons (Fsp3) is 0.900. The Labute approximate surface area is 200 Å². The second-order valence-electron chi connectivity index (χ2n) is 7.48. The van der Waals surface area contributed by atoms with Gasteiger partial charge in [-0.1, -0.05) is 72.6 Å². The molecule has 0 saturated heterocycles. The van der Waals surface area contributed by atoms with Crippen molar-refractivity contribution in [1.82, 2.24) is 0 Å². The van der Waals surface area contributed by atoms with Crippen molar-refractivity contribution in [2.24, 2.45) is 17.8 Å². The van der Waals surface area contributed by atoms with Crippen LogP contribution in [-0.2, 0) is 28.9 Å². The molecule has 9 heteroatoms. The Balaban J connectivity index is -0.00000364. The van der Waals surface area contributed by atoms with Gasteiger partial charge in [0.15, 0.2) is 0 Å². The van der Waals surface area contributed by atoms with E-state index in [0.29, 0.717) is 13.0 Å². The number of unbranched alkanes of at least 4 members (excludes halogenated alkanes) is 2. The maximum atomic E-state index is 12.3. The summed E-state index contributed by atoms with van der Waals surface area (Å²) < 4.78 is 40.1. The van der Waals surface area contributed by atoms with Crippen LogP contribution in [0, 0.1) is 17.8 Å². The summed E-state index contributed by atoms with van der Waals surface area (Å²) in [7, 11) is -4.91. The first-order valence-corrected chi connectivity index (χ1v) is 11.9. The monoisotopic (exact) mass is 446 g/mol. The third-order valence-electron chi connectivity index (χ3n) is 5.12. The number of ether oxygens (including phenoxy) is 1. The third-order valence-corrected chi connectivity index (χ3v) is 5.49. The second kappa shape index (κ2) is 17.5. The first kappa shape index (κ1) is 31.0. The Bertz CT molecular complexity index is 557. The Morgan fingerprint density at radius 2 is 1.48 bits per heavy atom. The minimum Gasteiger partial charge on any atom is -1.00 e. The van der Waals surface area contributed by atoms with E-state index in [-0.39, 0.29) is 49.2 Å². The zero-order chi connectivity index (χ0) is 21.6. The van der Waals surface area contributed by atoms with Crippen molar-refractivity contribution in [3.8, 4) is 0 Å². The van der Waals surface area contributed by atoms with Crippen molar-refractivity contribution in [2.75, 3.05) is 6.61 Å². The number of hydrogen-bond acceptors (Lipinski definition) is 6. The van der Waals surface area contributed by atoms with Gasteiger partial charge < -0.3 is 10.3 Å². The molecule has 0 radical (unpaired) electrons. The molecule has 0 aliphatic carbocycles. The minimum atomic E-state index is -4.91. The van der Waals surface area contributed by atoms with Gasteiger partial charge in [0.2, 0.25) is 0 Å². The number of rotatable bonds is 16. The molecule has 7 nitrogen and oxygen atoms in total. The van der Waals surface area contributed by atoms with E-state index in [9.17, 15) is 18.0 Å². The van der Waals surface area contributed by atoms with E-state index in [0.717, 1.165) is 51.4 Å². The SMILES string of the molecule is CCCCC(CC)COC(=O)CC(CC(CC)CCCC)C(=O)OS(=O)(=O)O.[H-].[Na+]. The Hall–Kier alpha value is -0.150. The molecule has 0 amide bonds. The van der Waals surface area contributed by atoms with Crippen molar-refractivity contribution in [3.63, 3.8) is 0 Å². The van der Waals surface area contributed by atoms with E-state index >= 15 is 0 Å². The van der Waals surface area contributed by atoms with Gasteiger partial charge in [-0.2, -0.15) is 8.42 Å². The molecule has 3 unspecified atom stereocenters. The predicted molar refractivity (Wildman–Crippen MR) is 109 cm³/mol. The van der Waals surface area contributed by atoms with E-state index < -0.39 is 28.3 Å². The van der Waals surface area contributed by atoms with Crippen LogP contribution in [-0.4, -0.2) is 31.5 Å². The molecule has 168 valence electrons. The topological polar surface area (TPSA) is 107 Å². The van der Waals surface area contributed by atoms with E-state index in [1.807, 2.05) is 13.8 Å². The first-order valence-electron chi connectivity index (χ1n) is 10.5. The van der Waals surface area contributed by atoms with Gasteiger partial charge in [0, 0.05) is 0 Å². The molecule has 0 aromatic heterocycles. The van der Waals surface area contributed by atoms with E-state index in [4.69, 9.17) is 9.29 Å². The fourth-order valence-electron chi connectivity index (χ4n) is 3.19. The van der Waals surface area contributed by atoms with E-state index in [1.54, 1.807) is 0 Å². The molecule has 0 aromatic rings. The summed E-state index contributed by atoms with van der Waals surface area (Å²) in [6, 6.07) is 0. The van der Waals surface area contributed by atoms with Crippen molar-refractivity contribution >= 4 is 22.3 Å². The van der Waals surface area contributed by atoms with Crippen LogP contribution in [0.2, 0.25) is 0 Å². The summed E-state index contributed by atoms with van der Waals surface area (Å²) in [5.41, 5.74) is 0. The summed E-state index contributed by atoms with van der Waals surface area (Å²) in [6.07, 6.45) is 7.77. The van der Waals surface area contributed by atoms with Gasteiger partial charge in [-0.3, -0.25) is 14.1 Å². The second-order valence-corrected chi connectivity index (χ2v) is 8.50. The van der Waals surface area contributed by atoms with Crippen LogP contribution in [0.1, 0.15) is 93.3 Å². The van der Waals surface area contributed by atoms with Gasteiger partial charge in [-0.15, -0.1) is 0 Å². The molecular formula is C20H39NaO7S. The summed E-state index contributed by atoms with van der Waals surface area (Å²) in [6.45, 7) is 8.50. The number of carbonyl (C=O) groups is 2. The molecular weight excluding hydrogens is 407 g/mol. The largest absolute Gasteiger partial charge is 1.00 e. The summed E-state index contributed by atoms with van der Waals surface area (Å²) in [5, 5.41) is 0. The molecule has 0 aliphatic rings. The van der Waals surface area contributed by atoms with Gasteiger partial charge in [0.1, 0.15) is 0 Å². The molecule has 0 aromatic carbocycles. The predicted octanol–water partition coefficient (Wildman–Crippen LogP) is 1.82.